The van der Waals surface area contributed by atoms with Gasteiger partial charge >= 0.3 is 0 Å². The summed E-state index contributed by atoms with van der Waals surface area (Å²) in [6.45, 7) is 0.934. The molecule has 1 atom stereocenters. The van der Waals surface area contributed by atoms with E-state index in [9.17, 15) is 9.18 Å². The topological polar surface area (TPSA) is 20.3 Å². The second kappa shape index (κ2) is 5.32. The van der Waals surface area contributed by atoms with Gasteiger partial charge in [0.2, 0.25) is 5.91 Å². The van der Waals surface area contributed by atoms with E-state index in [2.05, 4.69) is 4.90 Å². The Morgan fingerprint density at radius 3 is 2.63 bits per heavy atom. The summed E-state index contributed by atoms with van der Waals surface area (Å²) in [5.41, 5.74) is 1.04. The molecule has 1 aromatic rings. The lowest BCUT2D eigenvalue weighted by Crippen LogP contribution is -2.36. The average molecular weight is 261 g/mol. The van der Waals surface area contributed by atoms with E-state index in [0.717, 1.165) is 24.4 Å². The molecule has 0 radical (unpaired) electrons. The van der Waals surface area contributed by atoms with E-state index >= 15 is 0 Å². The Kier molecular flexibility index (Phi) is 3.54. The van der Waals surface area contributed by atoms with Crippen LogP contribution in [0.3, 0.4) is 0 Å². The minimum absolute atomic E-state index is 0.219. The molecule has 0 bridgehead atoms. The molecule has 1 unspecified atom stereocenters. The molecule has 2 nitrogen and oxygen atoms in total. The van der Waals surface area contributed by atoms with Crippen molar-refractivity contribution in [2.45, 2.75) is 44.6 Å². The van der Waals surface area contributed by atoms with Crippen LogP contribution in [0.15, 0.2) is 24.3 Å². The number of hydrogen-bond donors (Lipinski definition) is 0. The third kappa shape index (κ3) is 2.96. The Morgan fingerprint density at radius 1 is 1.21 bits per heavy atom. The number of carbonyl (C=O) groups is 1. The van der Waals surface area contributed by atoms with Crippen molar-refractivity contribution in [2.75, 3.05) is 6.54 Å². The highest BCUT2D eigenvalue weighted by molar-refractivity contribution is 5.77. The number of rotatable bonds is 4. The van der Waals surface area contributed by atoms with Crippen LogP contribution in [0.4, 0.5) is 4.39 Å². The van der Waals surface area contributed by atoms with Crippen LogP contribution < -0.4 is 0 Å². The molecule has 0 aromatic heterocycles. The Bertz CT molecular complexity index is 452. The zero-order valence-corrected chi connectivity index (χ0v) is 11.1. The monoisotopic (exact) mass is 261 g/mol. The second-order valence-corrected chi connectivity index (χ2v) is 5.76. The zero-order chi connectivity index (χ0) is 13.2. The summed E-state index contributed by atoms with van der Waals surface area (Å²) in [4.78, 5) is 14.4. The van der Waals surface area contributed by atoms with Gasteiger partial charge in [-0.2, -0.15) is 0 Å². The van der Waals surface area contributed by atoms with Crippen LogP contribution in [0.2, 0.25) is 0 Å². The molecule has 2 fully saturated rings. The van der Waals surface area contributed by atoms with E-state index in [-0.39, 0.29) is 11.7 Å². The van der Waals surface area contributed by atoms with Gasteiger partial charge in [0.15, 0.2) is 0 Å². The SMILES string of the molecule is O=C(CCc1ccc(F)cc1)N1CCCC1C1CC1. The van der Waals surface area contributed by atoms with Crippen molar-refractivity contribution in [3.8, 4) is 0 Å². The van der Waals surface area contributed by atoms with Crippen LogP contribution in [0, 0.1) is 11.7 Å². The van der Waals surface area contributed by atoms with Gasteiger partial charge in [-0.25, -0.2) is 4.39 Å². The van der Waals surface area contributed by atoms with Crippen molar-refractivity contribution in [3.05, 3.63) is 35.6 Å². The van der Waals surface area contributed by atoms with Crippen molar-refractivity contribution in [1.29, 1.82) is 0 Å². The van der Waals surface area contributed by atoms with Gasteiger partial charge < -0.3 is 4.90 Å². The molecule has 1 aliphatic heterocycles. The minimum atomic E-state index is -0.219. The fourth-order valence-electron chi connectivity index (χ4n) is 3.12. The summed E-state index contributed by atoms with van der Waals surface area (Å²) in [6, 6.07) is 6.97. The lowest BCUT2D eigenvalue weighted by molar-refractivity contribution is -0.132. The molecular weight excluding hydrogens is 241 g/mol. The lowest BCUT2D eigenvalue weighted by atomic mass is 10.1. The third-order valence-corrected chi connectivity index (χ3v) is 4.33. The first-order valence-corrected chi connectivity index (χ1v) is 7.28. The molecule has 1 amide bonds. The summed E-state index contributed by atoms with van der Waals surface area (Å²) in [6.07, 6.45) is 6.21. The average Bonchev–Trinajstić information content (AvgIpc) is 3.15. The lowest BCUT2D eigenvalue weighted by Gasteiger charge is -2.24. The van der Waals surface area contributed by atoms with Crippen molar-refractivity contribution < 1.29 is 9.18 Å². The summed E-state index contributed by atoms with van der Waals surface area (Å²) in [5, 5.41) is 0. The van der Waals surface area contributed by atoms with Crippen LogP contribution in [0.25, 0.3) is 0 Å². The van der Waals surface area contributed by atoms with Crippen LogP contribution in [0.1, 0.15) is 37.7 Å². The molecule has 0 spiro atoms. The highest BCUT2D eigenvalue weighted by Crippen LogP contribution is 2.40. The molecular formula is C16H20FNO. The second-order valence-electron chi connectivity index (χ2n) is 5.76. The Morgan fingerprint density at radius 2 is 1.95 bits per heavy atom. The number of nitrogens with zero attached hydrogens (tertiary/aromatic N) is 1. The maximum absolute atomic E-state index is 12.8. The first-order valence-electron chi connectivity index (χ1n) is 7.28. The molecule has 1 saturated heterocycles. The Balaban J connectivity index is 1.54. The summed E-state index contributed by atoms with van der Waals surface area (Å²) in [7, 11) is 0. The molecule has 1 aromatic carbocycles. The number of hydrogen-bond acceptors (Lipinski definition) is 1. The third-order valence-electron chi connectivity index (χ3n) is 4.33. The van der Waals surface area contributed by atoms with Gasteiger partial charge in [-0.05, 0) is 55.7 Å². The molecule has 102 valence electrons. The summed E-state index contributed by atoms with van der Waals surface area (Å²) < 4.78 is 12.8. The van der Waals surface area contributed by atoms with Crippen LogP contribution >= 0.6 is 0 Å². The van der Waals surface area contributed by atoms with Crippen molar-refractivity contribution in [1.82, 2.24) is 4.90 Å². The predicted octanol–water partition coefficient (Wildman–Crippen LogP) is 3.16. The number of halogens is 1. The quantitative estimate of drug-likeness (QED) is 0.815. The maximum atomic E-state index is 12.8. The van der Waals surface area contributed by atoms with Gasteiger partial charge in [0.1, 0.15) is 5.82 Å². The number of amides is 1. The first kappa shape index (κ1) is 12.6. The molecule has 2 aliphatic rings. The number of likely N-dealkylation sites (tertiary alicyclic amines) is 1. The van der Waals surface area contributed by atoms with Gasteiger partial charge in [0, 0.05) is 19.0 Å². The fraction of sp³-hybridized carbons (Fsp3) is 0.562. The van der Waals surface area contributed by atoms with E-state index in [1.54, 1.807) is 12.1 Å². The van der Waals surface area contributed by atoms with Crippen LogP contribution in [0.5, 0.6) is 0 Å². The number of benzene rings is 1. The Labute approximate surface area is 113 Å². The van der Waals surface area contributed by atoms with Crippen molar-refractivity contribution in [2.24, 2.45) is 5.92 Å². The van der Waals surface area contributed by atoms with Gasteiger partial charge in [0.25, 0.3) is 0 Å². The maximum Gasteiger partial charge on any atom is 0.223 e. The van der Waals surface area contributed by atoms with Gasteiger partial charge in [-0.1, -0.05) is 12.1 Å². The molecule has 1 aliphatic carbocycles. The largest absolute Gasteiger partial charge is 0.339 e. The normalized spacial score (nSPS) is 22.8. The van der Waals surface area contributed by atoms with Gasteiger partial charge in [-0.15, -0.1) is 0 Å². The fourth-order valence-corrected chi connectivity index (χ4v) is 3.12. The minimum Gasteiger partial charge on any atom is -0.339 e. The van der Waals surface area contributed by atoms with E-state index in [4.69, 9.17) is 0 Å². The first-order chi connectivity index (χ1) is 9.24. The predicted molar refractivity (Wildman–Crippen MR) is 72.2 cm³/mol. The van der Waals surface area contributed by atoms with E-state index in [0.29, 0.717) is 18.9 Å². The van der Waals surface area contributed by atoms with Crippen LogP contribution in [-0.4, -0.2) is 23.4 Å². The van der Waals surface area contributed by atoms with Gasteiger partial charge in [-0.3, -0.25) is 4.79 Å². The number of carbonyl (C=O) groups excluding carboxylic acids is 1. The van der Waals surface area contributed by atoms with E-state index < -0.39 is 0 Å². The zero-order valence-electron chi connectivity index (χ0n) is 11.1. The summed E-state index contributed by atoms with van der Waals surface area (Å²) in [5.74, 6) is 0.833. The molecule has 19 heavy (non-hydrogen) atoms. The molecule has 3 heteroatoms. The van der Waals surface area contributed by atoms with E-state index in [1.807, 2.05) is 0 Å². The standard InChI is InChI=1S/C16H20FNO/c17-14-8-3-12(4-9-14)5-10-16(19)18-11-1-2-15(18)13-6-7-13/h3-4,8-9,13,15H,1-2,5-7,10-11H2. The smallest absolute Gasteiger partial charge is 0.223 e. The van der Waals surface area contributed by atoms with Gasteiger partial charge in [0.05, 0.1) is 0 Å². The number of aryl methyl sites for hydroxylation is 1. The Hall–Kier alpha value is -1.38. The van der Waals surface area contributed by atoms with Crippen molar-refractivity contribution >= 4 is 5.91 Å². The summed E-state index contributed by atoms with van der Waals surface area (Å²) >= 11 is 0. The molecule has 1 saturated carbocycles. The highest BCUT2D eigenvalue weighted by atomic mass is 19.1. The van der Waals surface area contributed by atoms with Crippen molar-refractivity contribution in [3.63, 3.8) is 0 Å². The molecule has 1 heterocycles. The highest BCUT2D eigenvalue weighted by Gasteiger charge is 2.39. The van der Waals surface area contributed by atoms with Crippen LogP contribution in [-0.2, 0) is 11.2 Å². The van der Waals surface area contributed by atoms with E-state index in [1.165, 1.54) is 31.4 Å². The molecule has 3 rings (SSSR count). The molecule has 0 N–H and O–H groups in total.